The molecule has 1 aliphatic carbocycles. The van der Waals surface area contributed by atoms with E-state index in [2.05, 4.69) is 9.52 Å². The zero-order valence-electron chi connectivity index (χ0n) is 14.7. The van der Waals surface area contributed by atoms with Crippen LogP contribution >= 0.6 is 7.51 Å². The number of carbonyl (C=O) groups is 2. The van der Waals surface area contributed by atoms with E-state index in [0.29, 0.717) is 19.1 Å². The zero-order chi connectivity index (χ0) is 19.3. The minimum atomic E-state index is -6.12. The van der Waals surface area contributed by atoms with Crippen LogP contribution in [-0.4, -0.2) is 45.2 Å². The zero-order valence-corrected chi connectivity index (χ0v) is 15.6. The van der Waals surface area contributed by atoms with E-state index < -0.39 is 36.8 Å². The summed E-state index contributed by atoms with van der Waals surface area (Å²) in [6, 6.07) is 0. The number of rotatable bonds is 9. The SMILES string of the molecule is CC(C)OP(O)(OF)(OC(C)(C)C(=O)C=[N+]=[N-])C(=O)OC1CCCC1. The third-order valence-corrected chi connectivity index (χ3v) is 6.08. The summed E-state index contributed by atoms with van der Waals surface area (Å²) in [5.74, 6) is -0.962. The van der Waals surface area contributed by atoms with Crippen molar-refractivity contribution < 1.29 is 42.3 Å². The van der Waals surface area contributed by atoms with E-state index in [9.17, 15) is 19.0 Å². The third kappa shape index (κ3) is 5.10. The summed E-state index contributed by atoms with van der Waals surface area (Å²) in [6.45, 7) is 5.07. The van der Waals surface area contributed by atoms with Crippen LogP contribution in [0.1, 0.15) is 53.4 Å². The molecule has 25 heavy (non-hydrogen) atoms. The van der Waals surface area contributed by atoms with E-state index in [4.69, 9.17) is 19.3 Å². The Morgan fingerprint density at radius 2 is 1.92 bits per heavy atom. The first-order valence-corrected chi connectivity index (χ1v) is 9.82. The first kappa shape index (κ1) is 21.8. The van der Waals surface area contributed by atoms with Gasteiger partial charge in [-0.2, -0.15) is 0 Å². The first-order valence-electron chi connectivity index (χ1n) is 7.88. The molecule has 0 amide bonds. The maximum absolute atomic E-state index is 13.5. The van der Waals surface area contributed by atoms with Gasteiger partial charge in [-0.3, -0.25) is 0 Å². The van der Waals surface area contributed by atoms with Gasteiger partial charge < -0.3 is 0 Å². The third-order valence-electron chi connectivity index (χ3n) is 3.55. The quantitative estimate of drug-likeness (QED) is 0.280. The van der Waals surface area contributed by atoms with Crippen LogP contribution in [0.15, 0.2) is 0 Å². The number of hydrogen-bond donors (Lipinski definition) is 1. The topological polar surface area (TPSA) is 128 Å². The molecule has 144 valence electrons. The summed E-state index contributed by atoms with van der Waals surface area (Å²) in [6.07, 6.45) is 1.78. The fourth-order valence-electron chi connectivity index (χ4n) is 2.42. The Morgan fingerprint density at radius 1 is 1.36 bits per heavy atom. The van der Waals surface area contributed by atoms with Crippen molar-refractivity contribution in [2.45, 2.75) is 71.2 Å². The number of halogens is 1. The fourth-order valence-corrected chi connectivity index (χ4v) is 4.71. The number of ether oxygens (including phenoxy) is 1. The minimum absolute atomic E-state index is 0.483. The molecule has 0 aromatic rings. The van der Waals surface area contributed by atoms with Crippen molar-refractivity contribution in [3.05, 3.63) is 5.53 Å². The van der Waals surface area contributed by atoms with Gasteiger partial charge >= 0.3 is 144 Å². The molecule has 0 saturated heterocycles. The number of nitrogens with zero attached hydrogens (tertiary/aromatic N) is 2. The van der Waals surface area contributed by atoms with Crippen molar-refractivity contribution in [1.29, 1.82) is 0 Å². The molecule has 0 spiro atoms. The summed E-state index contributed by atoms with van der Waals surface area (Å²) >= 11 is 0. The average molecular weight is 382 g/mol. The molecule has 0 bridgehead atoms. The molecular formula is C14H24FN2O7P. The molecule has 0 radical (unpaired) electrons. The Bertz CT molecular complexity index is 576. The summed E-state index contributed by atoms with van der Waals surface area (Å²) in [5, 5.41) is 0. The molecule has 11 heteroatoms. The van der Waals surface area contributed by atoms with Crippen molar-refractivity contribution in [2.24, 2.45) is 0 Å². The molecule has 0 aromatic heterocycles. The Hall–Kier alpha value is -1.28. The van der Waals surface area contributed by atoms with Crippen molar-refractivity contribution >= 4 is 25.2 Å². The van der Waals surface area contributed by atoms with Gasteiger partial charge in [-0.15, -0.1) is 0 Å². The van der Waals surface area contributed by atoms with Gasteiger partial charge in [-0.1, -0.05) is 0 Å². The predicted octanol–water partition coefficient (Wildman–Crippen LogP) is 3.26. The number of Topliss-reactive ketones (excluding diaryl/α,β-unsaturated/α-hetero) is 1. The van der Waals surface area contributed by atoms with Crippen LogP contribution in [0.5, 0.6) is 0 Å². The second-order valence-corrected chi connectivity index (χ2v) is 9.15. The normalized spacial score (nSPS) is 17.6. The van der Waals surface area contributed by atoms with Crippen LogP contribution in [0.3, 0.4) is 0 Å². The number of ketones is 1. The molecule has 0 aliphatic heterocycles. The Balaban J connectivity index is 3.23. The van der Waals surface area contributed by atoms with Crippen LogP contribution in [0.2, 0.25) is 0 Å². The Morgan fingerprint density at radius 3 is 2.36 bits per heavy atom. The molecule has 0 atom stereocenters. The van der Waals surface area contributed by atoms with Crippen molar-refractivity contribution in [1.82, 2.24) is 0 Å². The number of hydrogen-bond acceptors (Lipinski definition) is 7. The van der Waals surface area contributed by atoms with Crippen LogP contribution < -0.4 is 0 Å². The molecule has 1 fully saturated rings. The Kier molecular flexibility index (Phi) is 6.92. The van der Waals surface area contributed by atoms with E-state index in [1.807, 2.05) is 0 Å². The molecule has 1 aliphatic rings. The predicted molar refractivity (Wildman–Crippen MR) is 86.1 cm³/mol. The van der Waals surface area contributed by atoms with Gasteiger partial charge in [-0.25, -0.2) is 0 Å². The van der Waals surface area contributed by atoms with Crippen LogP contribution in [0.4, 0.5) is 9.32 Å². The molecule has 1 rings (SSSR count). The van der Waals surface area contributed by atoms with Crippen molar-refractivity contribution in [2.75, 3.05) is 0 Å². The van der Waals surface area contributed by atoms with Crippen molar-refractivity contribution in [3.8, 4) is 0 Å². The van der Waals surface area contributed by atoms with Gasteiger partial charge in [0.1, 0.15) is 0 Å². The van der Waals surface area contributed by atoms with E-state index in [-0.39, 0.29) is 0 Å². The maximum atomic E-state index is 13.5. The molecule has 9 nitrogen and oxygen atoms in total. The first-order chi connectivity index (χ1) is 11.5. The standard InChI is InChI=1S/C14H24FN2O7P/c1-10(2)22-25(20,24-15,13(19)21-11-7-5-6-8-11)23-14(3,4)12(18)9-17-16/h9-11,20H,5-8H2,1-4H3. The molecule has 1 N–H and O–H groups in total. The van der Waals surface area contributed by atoms with Gasteiger partial charge in [0.15, 0.2) is 0 Å². The molecule has 0 unspecified atom stereocenters. The summed E-state index contributed by atoms with van der Waals surface area (Å²) in [4.78, 5) is 37.8. The van der Waals surface area contributed by atoms with Gasteiger partial charge in [0.25, 0.3) is 0 Å². The molecular weight excluding hydrogens is 358 g/mol. The van der Waals surface area contributed by atoms with Crippen LogP contribution in [-0.2, 0) is 23.3 Å². The van der Waals surface area contributed by atoms with E-state index in [1.54, 1.807) is 0 Å². The summed E-state index contributed by atoms with van der Waals surface area (Å²) < 4.78 is 32.4. The molecule has 0 heterocycles. The van der Waals surface area contributed by atoms with Crippen LogP contribution in [0.25, 0.3) is 5.53 Å². The van der Waals surface area contributed by atoms with E-state index >= 15 is 0 Å². The van der Waals surface area contributed by atoms with Crippen molar-refractivity contribution in [3.63, 3.8) is 0 Å². The second kappa shape index (κ2) is 7.95. The van der Waals surface area contributed by atoms with Gasteiger partial charge in [0.05, 0.1) is 0 Å². The monoisotopic (exact) mass is 382 g/mol. The molecule has 1 saturated carbocycles. The van der Waals surface area contributed by atoms with E-state index in [1.165, 1.54) is 13.8 Å². The number of carbonyl (C=O) groups excluding carboxylic acids is 2. The van der Waals surface area contributed by atoms with Gasteiger partial charge in [0, 0.05) is 0 Å². The second-order valence-electron chi connectivity index (χ2n) is 6.57. The van der Waals surface area contributed by atoms with Gasteiger partial charge in [0.2, 0.25) is 0 Å². The fraction of sp³-hybridized carbons (Fsp3) is 0.786. The Labute approximate surface area is 145 Å². The average Bonchev–Trinajstić information content (AvgIpc) is 2.99. The van der Waals surface area contributed by atoms with E-state index in [0.717, 1.165) is 26.7 Å². The summed E-state index contributed by atoms with van der Waals surface area (Å²) in [5.41, 5.74) is 4.93. The summed E-state index contributed by atoms with van der Waals surface area (Å²) in [7, 11) is -6.12. The van der Waals surface area contributed by atoms with Gasteiger partial charge in [-0.05, 0) is 0 Å². The van der Waals surface area contributed by atoms with Crippen LogP contribution in [0, 0.1) is 0 Å². The molecule has 0 aromatic carbocycles.